The molecule has 4 heterocycles. The molecule has 1 saturated heterocycles. The van der Waals surface area contributed by atoms with Crippen LogP contribution in [0.2, 0.25) is 5.02 Å². The van der Waals surface area contributed by atoms with Crippen LogP contribution < -0.4 is 10.9 Å². The number of carbonyl (C=O) groups is 1. The quantitative estimate of drug-likeness (QED) is 0.368. The van der Waals surface area contributed by atoms with Crippen LogP contribution in [0.25, 0.3) is 16.7 Å². The number of anilines is 1. The normalized spacial score (nSPS) is 17.8. The standard InChI is InChI=1S/C26H28ClN7O3/c1-14-12-34(32-15(14)2)25-5-4-17(11-28-25)8-24-30-21-10-22(19(27)9-18(21)26(37)31-24)29-20-6-7-33(16(3)35)13-23(20)36/h4-5,9-12,20,23,29,36H,6-8,13H2,1-3H3,(H,30,31,37)/t20-,23+/m1/s1. The smallest absolute Gasteiger partial charge is 0.258 e. The molecule has 0 radical (unpaired) electrons. The number of aliphatic hydroxyl groups excluding tert-OH is 1. The monoisotopic (exact) mass is 521 g/mol. The minimum atomic E-state index is -0.739. The van der Waals surface area contributed by atoms with E-state index in [1.165, 1.54) is 6.92 Å². The molecule has 1 aliphatic rings. The Labute approximate surface area is 218 Å². The molecule has 11 heteroatoms. The number of pyridine rings is 1. The van der Waals surface area contributed by atoms with Gasteiger partial charge in [0.1, 0.15) is 5.82 Å². The first-order chi connectivity index (χ1) is 17.7. The summed E-state index contributed by atoms with van der Waals surface area (Å²) >= 11 is 6.46. The van der Waals surface area contributed by atoms with Crippen molar-refractivity contribution in [2.45, 2.75) is 45.8 Å². The van der Waals surface area contributed by atoms with E-state index in [1.54, 1.807) is 27.9 Å². The van der Waals surface area contributed by atoms with Gasteiger partial charge in [-0.25, -0.2) is 14.6 Å². The van der Waals surface area contributed by atoms with Crippen LogP contribution in [-0.4, -0.2) is 65.9 Å². The number of rotatable bonds is 5. The molecule has 5 rings (SSSR count). The molecule has 37 heavy (non-hydrogen) atoms. The first-order valence-electron chi connectivity index (χ1n) is 12.1. The molecule has 1 aliphatic heterocycles. The number of aromatic nitrogens is 5. The molecule has 0 unspecified atom stereocenters. The highest BCUT2D eigenvalue weighted by Gasteiger charge is 2.29. The topological polar surface area (TPSA) is 129 Å². The fourth-order valence-electron chi connectivity index (χ4n) is 4.50. The number of benzene rings is 1. The molecule has 1 fully saturated rings. The first kappa shape index (κ1) is 24.9. The van der Waals surface area contributed by atoms with E-state index < -0.39 is 6.10 Å². The van der Waals surface area contributed by atoms with Crippen molar-refractivity contribution in [3.05, 3.63) is 74.7 Å². The number of aryl methyl sites for hydroxylation is 2. The van der Waals surface area contributed by atoms with Gasteiger partial charge in [-0.05, 0) is 49.6 Å². The second kappa shape index (κ2) is 9.95. The Balaban J connectivity index is 1.36. The van der Waals surface area contributed by atoms with Crippen molar-refractivity contribution >= 4 is 34.1 Å². The van der Waals surface area contributed by atoms with Gasteiger partial charge in [-0.1, -0.05) is 17.7 Å². The third kappa shape index (κ3) is 5.21. The van der Waals surface area contributed by atoms with Crippen LogP contribution in [0.5, 0.6) is 0 Å². The SMILES string of the molecule is CC(=O)N1CC[C@@H](Nc2cc3nc(Cc4ccc(-n5cc(C)c(C)n5)nc4)[nH]c(=O)c3cc2Cl)[C@@H](O)C1. The third-order valence-electron chi connectivity index (χ3n) is 6.77. The third-order valence-corrected chi connectivity index (χ3v) is 7.08. The molecule has 4 aromatic rings. The highest BCUT2D eigenvalue weighted by atomic mass is 35.5. The van der Waals surface area contributed by atoms with Crippen LogP contribution in [0, 0.1) is 13.8 Å². The van der Waals surface area contributed by atoms with E-state index in [-0.39, 0.29) is 24.1 Å². The van der Waals surface area contributed by atoms with Gasteiger partial charge >= 0.3 is 0 Å². The molecule has 0 saturated carbocycles. The van der Waals surface area contributed by atoms with Crippen molar-refractivity contribution in [1.29, 1.82) is 0 Å². The number of aliphatic hydroxyl groups is 1. The number of likely N-dealkylation sites (tertiary alicyclic amines) is 1. The van der Waals surface area contributed by atoms with Gasteiger partial charge < -0.3 is 20.3 Å². The van der Waals surface area contributed by atoms with E-state index in [4.69, 9.17) is 11.6 Å². The van der Waals surface area contributed by atoms with E-state index in [2.05, 4.69) is 25.4 Å². The lowest BCUT2D eigenvalue weighted by molar-refractivity contribution is -0.132. The average molecular weight is 522 g/mol. The number of hydrogen-bond donors (Lipinski definition) is 3. The Morgan fingerprint density at radius 2 is 2.11 bits per heavy atom. The molecular weight excluding hydrogens is 494 g/mol. The lowest BCUT2D eigenvalue weighted by Gasteiger charge is -2.36. The number of halogens is 1. The summed E-state index contributed by atoms with van der Waals surface area (Å²) in [5.41, 5.74) is 3.72. The summed E-state index contributed by atoms with van der Waals surface area (Å²) in [7, 11) is 0. The van der Waals surface area contributed by atoms with Crippen molar-refractivity contribution in [3.8, 4) is 5.82 Å². The van der Waals surface area contributed by atoms with Crippen LogP contribution in [0.4, 0.5) is 5.69 Å². The Bertz CT molecular complexity index is 1510. The zero-order valence-corrected chi connectivity index (χ0v) is 21.6. The van der Waals surface area contributed by atoms with Crippen molar-refractivity contribution in [2.24, 2.45) is 0 Å². The Hall–Kier alpha value is -3.76. The van der Waals surface area contributed by atoms with Crippen molar-refractivity contribution in [1.82, 2.24) is 29.6 Å². The van der Waals surface area contributed by atoms with Gasteiger partial charge in [0.2, 0.25) is 5.91 Å². The van der Waals surface area contributed by atoms with E-state index in [0.717, 1.165) is 16.8 Å². The number of nitrogens with one attached hydrogen (secondary N) is 2. The van der Waals surface area contributed by atoms with Crippen molar-refractivity contribution in [2.75, 3.05) is 18.4 Å². The lowest BCUT2D eigenvalue weighted by atomic mass is 10.0. The fourth-order valence-corrected chi connectivity index (χ4v) is 4.72. The van der Waals surface area contributed by atoms with E-state index in [1.807, 2.05) is 32.2 Å². The number of fused-ring (bicyclic) bond motifs is 1. The van der Waals surface area contributed by atoms with Crippen LogP contribution in [-0.2, 0) is 11.2 Å². The molecule has 1 aromatic carbocycles. The van der Waals surface area contributed by atoms with Crippen molar-refractivity contribution in [3.63, 3.8) is 0 Å². The zero-order valence-electron chi connectivity index (χ0n) is 20.8. The van der Waals surface area contributed by atoms with Crippen LogP contribution in [0.1, 0.15) is 36.0 Å². The van der Waals surface area contributed by atoms with Gasteiger partial charge in [-0.2, -0.15) is 5.10 Å². The number of carbonyl (C=O) groups excluding carboxylic acids is 1. The Morgan fingerprint density at radius 3 is 2.76 bits per heavy atom. The molecule has 192 valence electrons. The van der Waals surface area contributed by atoms with E-state index in [0.29, 0.717) is 52.6 Å². The van der Waals surface area contributed by atoms with Gasteiger partial charge in [0.05, 0.1) is 39.5 Å². The molecule has 0 bridgehead atoms. The number of piperidine rings is 1. The minimum absolute atomic E-state index is 0.0615. The second-order valence-electron chi connectivity index (χ2n) is 9.48. The number of β-amino-alcohol motifs (C(OH)–C–C–N with tert-alkyl or cyclic N) is 1. The maximum absolute atomic E-state index is 12.8. The molecule has 1 amide bonds. The van der Waals surface area contributed by atoms with Gasteiger partial charge in [0, 0.05) is 38.8 Å². The van der Waals surface area contributed by atoms with Crippen LogP contribution in [0.3, 0.4) is 0 Å². The number of nitrogens with zero attached hydrogens (tertiary/aromatic N) is 5. The van der Waals surface area contributed by atoms with E-state index in [9.17, 15) is 14.7 Å². The predicted octanol–water partition coefficient (Wildman–Crippen LogP) is 2.76. The molecule has 3 N–H and O–H groups in total. The number of H-pyrrole nitrogens is 1. The molecule has 3 aromatic heterocycles. The number of aromatic amines is 1. The molecule has 0 spiro atoms. The second-order valence-corrected chi connectivity index (χ2v) is 9.88. The zero-order chi connectivity index (χ0) is 26.3. The van der Waals surface area contributed by atoms with Gasteiger partial charge in [0.15, 0.2) is 5.82 Å². The average Bonchev–Trinajstić information content (AvgIpc) is 3.19. The Kier molecular flexibility index (Phi) is 6.70. The van der Waals surface area contributed by atoms with Gasteiger partial charge in [-0.15, -0.1) is 0 Å². The maximum Gasteiger partial charge on any atom is 0.258 e. The van der Waals surface area contributed by atoms with Crippen molar-refractivity contribution < 1.29 is 9.90 Å². The molecule has 0 aliphatic carbocycles. The van der Waals surface area contributed by atoms with Gasteiger partial charge in [-0.3, -0.25) is 9.59 Å². The summed E-state index contributed by atoms with van der Waals surface area (Å²) in [6.45, 7) is 6.25. The fraction of sp³-hybridized carbons (Fsp3) is 0.346. The summed E-state index contributed by atoms with van der Waals surface area (Å²) in [5.74, 6) is 1.15. The summed E-state index contributed by atoms with van der Waals surface area (Å²) in [5, 5.41) is 19.0. The Morgan fingerprint density at radius 1 is 1.30 bits per heavy atom. The maximum atomic E-state index is 12.8. The highest BCUT2D eigenvalue weighted by Crippen LogP contribution is 2.28. The first-order valence-corrected chi connectivity index (χ1v) is 12.5. The number of amides is 1. The number of hydrogen-bond acceptors (Lipinski definition) is 7. The summed E-state index contributed by atoms with van der Waals surface area (Å²) < 4.78 is 1.74. The largest absolute Gasteiger partial charge is 0.389 e. The highest BCUT2D eigenvalue weighted by molar-refractivity contribution is 6.34. The summed E-state index contributed by atoms with van der Waals surface area (Å²) in [6, 6.07) is 6.84. The predicted molar refractivity (Wildman–Crippen MR) is 141 cm³/mol. The van der Waals surface area contributed by atoms with Gasteiger partial charge in [0.25, 0.3) is 5.56 Å². The molecule has 2 atom stereocenters. The van der Waals surface area contributed by atoms with E-state index >= 15 is 0 Å². The summed E-state index contributed by atoms with van der Waals surface area (Å²) in [4.78, 5) is 38.0. The van der Waals surface area contributed by atoms with Crippen LogP contribution >= 0.6 is 11.6 Å². The lowest BCUT2D eigenvalue weighted by Crippen LogP contribution is -2.51. The molecule has 10 nitrogen and oxygen atoms in total. The molecular formula is C26H28ClN7O3. The summed E-state index contributed by atoms with van der Waals surface area (Å²) in [6.07, 6.45) is 3.90. The minimum Gasteiger partial charge on any atom is -0.389 e. The van der Waals surface area contributed by atoms with Crippen LogP contribution in [0.15, 0.2) is 41.5 Å².